The highest BCUT2D eigenvalue weighted by molar-refractivity contribution is 5.00. The summed E-state index contributed by atoms with van der Waals surface area (Å²) >= 11 is 0. The van der Waals surface area contributed by atoms with E-state index in [0.29, 0.717) is 6.04 Å². The summed E-state index contributed by atoms with van der Waals surface area (Å²) in [4.78, 5) is 0. The molecule has 0 fully saturated rings. The molecule has 1 N–H and O–H groups in total. The van der Waals surface area contributed by atoms with Crippen LogP contribution < -0.4 is 5.32 Å². The molecule has 3 nitrogen and oxygen atoms in total. The lowest BCUT2D eigenvalue weighted by Crippen LogP contribution is -2.22. The van der Waals surface area contributed by atoms with Crippen molar-refractivity contribution in [2.45, 2.75) is 65.8 Å². The maximum atomic E-state index is 4.72. The summed E-state index contributed by atoms with van der Waals surface area (Å²) in [6, 6.07) is 2.75. The standard InChI is InChI=1S/C16H31N3/c1-5-11-17-13-14(4)8-9-15-10-12-19(18-15)16(6-2)7-3/h10,12,14,16-17H,5-9,11,13H2,1-4H3. The minimum absolute atomic E-state index is 0.567. The van der Waals surface area contributed by atoms with Crippen LogP contribution in [-0.4, -0.2) is 22.9 Å². The van der Waals surface area contributed by atoms with Crippen molar-refractivity contribution in [3.05, 3.63) is 18.0 Å². The lowest BCUT2D eigenvalue weighted by molar-refractivity contribution is 0.422. The first kappa shape index (κ1) is 16.2. The van der Waals surface area contributed by atoms with Crippen LogP contribution in [0.1, 0.15) is 65.1 Å². The van der Waals surface area contributed by atoms with Crippen LogP contribution in [0.25, 0.3) is 0 Å². The smallest absolute Gasteiger partial charge is 0.0624 e. The molecular weight excluding hydrogens is 234 g/mol. The average Bonchev–Trinajstić information content (AvgIpc) is 2.87. The van der Waals surface area contributed by atoms with Crippen LogP contribution in [0.2, 0.25) is 0 Å². The summed E-state index contributed by atoms with van der Waals surface area (Å²) in [7, 11) is 0. The normalized spacial score (nSPS) is 13.1. The third-order valence-electron chi connectivity index (χ3n) is 3.79. The van der Waals surface area contributed by atoms with Gasteiger partial charge in [0.05, 0.1) is 11.7 Å². The Hall–Kier alpha value is -0.830. The number of aryl methyl sites for hydroxylation is 1. The van der Waals surface area contributed by atoms with Gasteiger partial charge in [-0.15, -0.1) is 0 Å². The third kappa shape index (κ3) is 5.77. The van der Waals surface area contributed by atoms with Crippen LogP contribution >= 0.6 is 0 Å². The molecule has 110 valence electrons. The van der Waals surface area contributed by atoms with Crippen molar-refractivity contribution in [2.24, 2.45) is 5.92 Å². The molecule has 0 aliphatic carbocycles. The van der Waals surface area contributed by atoms with Crippen LogP contribution in [0.5, 0.6) is 0 Å². The summed E-state index contributed by atoms with van der Waals surface area (Å²) in [5.41, 5.74) is 1.24. The largest absolute Gasteiger partial charge is 0.316 e. The van der Waals surface area contributed by atoms with E-state index >= 15 is 0 Å². The molecule has 0 spiro atoms. The highest BCUT2D eigenvalue weighted by Crippen LogP contribution is 2.15. The van der Waals surface area contributed by atoms with E-state index in [1.165, 1.54) is 18.5 Å². The quantitative estimate of drug-likeness (QED) is 0.652. The molecule has 0 radical (unpaired) electrons. The second kappa shape index (κ2) is 9.13. The maximum Gasteiger partial charge on any atom is 0.0624 e. The number of rotatable bonds is 10. The van der Waals surface area contributed by atoms with Crippen molar-refractivity contribution in [3.8, 4) is 0 Å². The molecule has 0 aromatic carbocycles. The molecule has 1 atom stereocenters. The second-order valence-electron chi connectivity index (χ2n) is 5.61. The van der Waals surface area contributed by atoms with Gasteiger partial charge in [0.2, 0.25) is 0 Å². The first-order valence-electron chi connectivity index (χ1n) is 7.95. The Balaban J connectivity index is 2.33. The monoisotopic (exact) mass is 265 g/mol. The fourth-order valence-electron chi connectivity index (χ4n) is 2.40. The van der Waals surface area contributed by atoms with Crippen LogP contribution in [0, 0.1) is 5.92 Å². The van der Waals surface area contributed by atoms with Crippen molar-refractivity contribution in [2.75, 3.05) is 13.1 Å². The zero-order valence-electron chi connectivity index (χ0n) is 13.2. The third-order valence-corrected chi connectivity index (χ3v) is 3.79. The number of nitrogens with one attached hydrogen (secondary N) is 1. The Bertz CT molecular complexity index is 328. The fraction of sp³-hybridized carbons (Fsp3) is 0.812. The molecular formula is C16H31N3. The molecule has 0 saturated heterocycles. The number of hydrogen-bond donors (Lipinski definition) is 1. The summed E-state index contributed by atoms with van der Waals surface area (Å²) in [5, 5.41) is 8.20. The molecule has 1 aromatic heterocycles. The number of nitrogens with zero attached hydrogens (tertiary/aromatic N) is 2. The summed E-state index contributed by atoms with van der Waals surface area (Å²) < 4.78 is 2.15. The van der Waals surface area contributed by atoms with Gasteiger partial charge in [-0.3, -0.25) is 4.68 Å². The van der Waals surface area contributed by atoms with Gasteiger partial charge < -0.3 is 5.32 Å². The van der Waals surface area contributed by atoms with Crippen molar-refractivity contribution in [1.82, 2.24) is 15.1 Å². The van der Waals surface area contributed by atoms with Gasteiger partial charge in [0.25, 0.3) is 0 Å². The van der Waals surface area contributed by atoms with Crippen molar-refractivity contribution >= 4 is 0 Å². The van der Waals surface area contributed by atoms with E-state index in [2.05, 4.69) is 50.0 Å². The highest BCUT2D eigenvalue weighted by Gasteiger charge is 2.09. The molecule has 1 unspecified atom stereocenters. The summed E-state index contributed by atoms with van der Waals surface area (Å²) in [6.07, 6.45) is 8.00. The van der Waals surface area contributed by atoms with Gasteiger partial charge in [-0.1, -0.05) is 27.7 Å². The minimum atomic E-state index is 0.567. The topological polar surface area (TPSA) is 29.9 Å². The van der Waals surface area contributed by atoms with Gasteiger partial charge in [-0.2, -0.15) is 5.10 Å². The number of hydrogen-bond acceptors (Lipinski definition) is 2. The molecule has 1 aromatic rings. The Morgan fingerprint density at radius 2 is 2.00 bits per heavy atom. The lowest BCUT2D eigenvalue weighted by atomic mass is 10.0. The minimum Gasteiger partial charge on any atom is -0.316 e. The lowest BCUT2D eigenvalue weighted by Gasteiger charge is -2.13. The van der Waals surface area contributed by atoms with E-state index in [9.17, 15) is 0 Å². The molecule has 0 saturated carbocycles. The van der Waals surface area contributed by atoms with E-state index < -0.39 is 0 Å². The molecule has 0 bridgehead atoms. The summed E-state index contributed by atoms with van der Waals surface area (Å²) in [6.45, 7) is 11.3. The predicted molar refractivity (Wildman–Crippen MR) is 82.5 cm³/mol. The van der Waals surface area contributed by atoms with E-state index in [0.717, 1.165) is 38.3 Å². The van der Waals surface area contributed by atoms with Crippen molar-refractivity contribution in [3.63, 3.8) is 0 Å². The van der Waals surface area contributed by atoms with E-state index in [4.69, 9.17) is 5.10 Å². The molecule has 1 rings (SSSR count). The Labute approximate surface area is 118 Å². The number of aromatic nitrogens is 2. The van der Waals surface area contributed by atoms with Gasteiger partial charge in [0.15, 0.2) is 0 Å². The van der Waals surface area contributed by atoms with Crippen molar-refractivity contribution < 1.29 is 0 Å². The van der Waals surface area contributed by atoms with E-state index in [-0.39, 0.29) is 0 Å². The SMILES string of the molecule is CCCNCC(C)CCc1ccn(C(CC)CC)n1. The Morgan fingerprint density at radius 3 is 2.63 bits per heavy atom. The Kier molecular flexibility index (Phi) is 7.80. The van der Waals surface area contributed by atoms with E-state index in [1.54, 1.807) is 0 Å². The van der Waals surface area contributed by atoms with Crippen molar-refractivity contribution in [1.29, 1.82) is 0 Å². The molecule has 0 aliphatic heterocycles. The van der Waals surface area contributed by atoms with Gasteiger partial charge in [-0.05, 0) is 57.2 Å². The van der Waals surface area contributed by atoms with Gasteiger partial charge >= 0.3 is 0 Å². The highest BCUT2D eigenvalue weighted by atomic mass is 15.3. The van der Waals surface area contributed by atoms with Gasteiger partial charge in [0.1, 0.15) is 0 Å². The molecule has 19 heavy (non-hydrogen) atoms. The van der Waals surface area contributed by atoms with Crippen LogP contribution in [0.15, 0.2) is 12.3 Å². The first-order valence-corrected chi connectivity index (χ1v) is 7.95. The molecule has 0 aliphatic rings. The van der Waals surface area contributed by atoms with Gasteiger partial charge in [0, 0.05) is 6.20 Å². The Morgan fingerprint density at radius 1 is 1.26 bits per heavy atom. The zero-order valence-corrected chi connectivity index (χ0v) is 13.2. The molecule has 0 amide bonds. The van der Waals surface area contributed by atoms with E-state index in [1.807, 2.05) is 0 Å². The summed E-state index contributed by atoms with van der Waals surface area (Å²) in [5.74, 6) is 0.727. The predicted octanol–water partition coefficient (Wildman–Crippen LogP) is 3.81. The molecule has 3 heteroatoms. The maximum absolute atomic E-state index is 4.72. The van der Waals surface area contributed by atoms with Crippen LogP contribution in [0.4, 0.5) is 0 Å². The fourth-order valence-corrected chi connectivity index (χ4v) is 2.40. The van der Waals surface area contributed by atoms with Gasteiger partial charge in [-0.25, -0.2) is 0 Å². The van der Waals surface area contributed by atoms with Crippen LogP contribution in [-0.2, 0) is 6.42 Å². The average molecular weight is 265 g/mol. The second-order valence-corrected chi connectivity index (χ2v) is 5.61. The zero-order chi connectivity index (χ0) is 14.1. The first-order chi connectivity index (χ1) is 9.21. The van der Waals surface area contributed by atoms with Crippen LogP contribution in [0.3, 0.4) is 0 Å². The molecule has 1 heterocycles.